The summed E-state index contributed by atoms with van der Waals surface area (Å²) in [7, 11) is 1.52. The molecule has 1 aliphatic rings. The van der Waals surface area contributed by atoms with Crippen molar-refractivity contribution in [1.29, 1.82) is 0 Å². The van der Waals surface area contributed by atoms with Gasteiger partial charge in [-0.05, 0) is 0 Å². The number of carbonyl (C=O) groups is 1. The van der Waals surface area contributed by atoms with Crippen molar-refractivity contribution in [2.24, 2.45) is 0 Å². The first kappa shape index (κ1) is 15.8. The van der Waals surface area contributed by atoms with Gasteiger partial charge in [-0.1, -0.05) is 0 Å². The third kappa shape index (κ3) is 2.88. The minimum atomic E-state index is -0.0703. The Morgan fingerprint density at radius 1 is 1.12 bits per heavy atom. The predicted octanol–water partition coefficient (Wildman–Crippen LogP) is 3.62. The van der Waals surface area contributed by atoms with Crippen LogP contribution in [0.1, 0.15) is 10.0 Å². The molecule has 0 atom stereocenters. The molecule has 1 aliphatic heterocycles. The molecule has 0 fully saturated rings. The first-order chi connectivity index (χ1) is 12.2. The molecule has 25 heavy (non-hydrogen) atoms. The topological polar surface area (TPSA) is 58.6 Å². The number of hydrogen-bond donors (Lipinski definition) is 2. The van der Waals surface area contributed by atoms with Crippen LogP contribution in [0, 0.1) is 0 Å². The van der Waals surface area contributed by atoms with Crippen LogP contribution in [0.15, 0.2) is 53.5 Å². The van der Waals surface area contributed by atoms with Crippen LogP contribution in [0.3, 0.4) is 0 Å². The number of hydrogen-bond acceptors (Lipinski definition) is 3. The molecule has 4 rings (SSSR count). The van der Waals surface area contributed by atoms with E-state index in [1.165, 1.54) is 11.5 Å². The Bertz CT molecular complexity index is 990. The van der Waals surface area contributed by atoms with Crippen LogP contribution in [0.5, 0.6) is 11.5 Å². The van der Waals surface area contributed by atoms with Crippen molar-refractivity contribution in [3.8, 4) is 22.6 Å². The van der Waals surface area contributed by atoms with Crippen molar-refractivity contribution in [2.75, 3.05) is 12.4 Å². The molecule has 4 nitrogen and oxygen atoms in total. The Morgan fingerprint density at radius 3 is 2.68 bits per heavy atom. The molecule has 1 aromatic heterocycles. The van der Waals surface area contributed by atoms with Crippen LogP contribution in [0.4, 0.5) is 5.69 Å². The van der Waals surface area contributed by atoms with Crippen molar-refractivity contribution >= 4 is 37.7 Å². The Morgan fingerprint density at radius 2 is 1.92 bits per heavy atom. The van der Waals surface area contributed by atoms with E-state index in [4.69, 9.17) is 4.74 Å². The zero-order valence-electron chi connectivity index (χ0n) is 13.4. The number of carbonyl (C=O) groups excluding carboxylic acids is 1. The normalized spacial score (nSPS) is 14.4. The van der Waals surface area contributed by atoms with Crippen LogP contribution in [-0.4, -0.2) is 32.6 Å². The number of benzene rings is 2. The molecule has 124 valence electrons. The van der Waals surface area contributed by atoms with E-state index in [-0.39, 0.29) is 11.7 Å². The molecule has 5 heteroatoms. The van der Waals surface area contributed by atoms with E-state index in [1.54, 1.807) is 12.1 Å². The zero-order chi connectivity index (χ0) is 17.4. The van der Waals surface area contributed by atoms with Gasteiger partial charge < -0.3 is 0 Å². The Kier molecular flexibility index (Phi) is 3.96. The maximum atomic E-state index is 12.3. The summed E-state index contributed by atoms with van der Waals surface area (Å²) in [5, 5.41) is 12.7. The second kappa shape index (κ2) is 6.28. The quantitative estimate of drug-likeness (QED) is 0.525. The van der Waals surface area contributed by atoms with Crippen LogP contribution in [-0.2, 0) is 4.79 Å². The van der Waals surface area contributed by atoms with Crippen molar-refractivity contribution < 1.29 is 14.6 Å². The van der Waals surface area contributed by atoms with E-state index >= 15 is 0 Å². The number of ether oxygens (including phenoxy) is 1. The summed E-state index contributed by atoms with van der Waals surface area (Å²) in [4.78, 5) is 14.5. The van der Waals surface area contributed by atoms with E-state index in [0.717, 1.165) is 22.4 Å². The van der Waals surface area contributed by atoms with Gasteiger partial charge in [-0.25, -0.2) is 0 Å². The molecule has 2 heterocycles. The van der Waals surface area contributed by atoms with Crippen LogP contribution in [0.2, 0.25) is 0 Å². The number of nitrogens with one attached hydrogen (secondary N) is 1. The molecule has 2 aromatic carbocycles. The third-order valence-electron chi connectivity index (χ3n) is 4.15. The summed E-state index contributed by atoms with van der Waals surface area (Å²) < 4.78 is 6.36. The van der Waals surface area contributed by atoms with E-state index in [1.807, 2.05) is 36.4 Å². The average Bonchev–Trinajstić information content (AvgIpc) is 3.23. The maximum absolute atomic E-state index is 12.3. The minimum absolute atomic E-state index is 0.0703. The Hall–Kier alpha value is -2.75. The van der Waals surface area contributed by atoms with Crippen LogP contribution >= 0.6 is 0 Å². The van der Waals surface area contributed by atoms with Gasteiger partial charge in [-0.15, -0.1) is 0 Å². The molecule has 1 amide bonds. The molecular weight excluding hydrogens is 381 g/mol. The van der Waals surface area contributed by atoms with E-state index < -0.39 is 0 Å². The molecule has 0 bridgehead atoms. The van der Waals surface area contributed by atoms with Crippen molar-refractivity contribution in [2.45, 2.75) is 0 Å². The van der Waals surface area contributed by atoms with Gasteiger partial charge in [0.2, 0.25) is 0 Å². The Labute approximate surface area is 151 Å². The molecule has 0 aliphatic carbocycles. The van der Waals surface area contributed by atoms with Gasteiger partial charge in [0.25, 0.3) is 0 Å². The van der Waals surface area contributed by atoms with E-state index in [9.17, 15) is 9.90 Å². The molecule has 0 saturated heterocycles. The van der Waals surface area contributed by atoms with Gasteiger partial charge in [0, 0.05) is 0 Å². The number of anilines is 1. The molecule has 0 saturated carbocycles. The predicted molar refractivity (Wildman–Crippen MR) is 100.0 cm³/mol. The number of fused-ring (bicyclic) bond motifs is 1. The number of rotatable bonds is 3. The summed E-state index contributed by atoms with van der Waals surface area (Å²) >= 11 is 0.304. The second-order valence-electron chi connectivity index (χ2n) is 5.67. The van der Waals surface area contributed by atoms with Gasteiger partial charge in [0.15, 0.2) is 0 Å². The van der Waals surface area contributed by atoms with Gasteiger partial charge in [-0.2, -0.15) is 0 Å². The van der Waals surface area contributed by atoms with Gasteiger partial charge in [0.05, 0.1) is 0 Å². The number of phenolic OH excluding ortho intramolecular Hbond substituents is 1. The molecule has 2 N–H and O–H groups in total. The van der Waals surface area contributed by atoms with Crippen molar-refractivity contribution in [1.82, 2.24) is 0 Å². The third-order valence-corrected chi connectivity index (χ3v) is 5.86. The van der Waals surface area contributed by atoms with Crippen molar-refractivity contribution in [3.63, 3.8) is 0 Å². The number of phenols is 1. The molecule has 0 radical (unpaired) electrons. The average molecular weight is 396 g/mol. The van der Waals surface area contributed by atoms with E-state index in [0.29, 0.717) is 25.8 Å². The van der Waals surface area contributed by atoms with Crippen LogP contribution in [0.25, 0.3) is 22.8 Å². The molecular formula is C20H15NO3Se. The van der Waals surface area contributed by atoms with Gasteiger partial charge in [0.1, 0.15) is 0 Å². The fraction of sp³-hybridized carbons (Fsp3) is 0.0500. The summed E-state index contributed by atoms with van der Waals surface area (Å²) in [5.74, 6) is 0.454. The second-order valence-corrected chi connectivity index (χ2v) is 7.73. The van der Waals surface area contributed by atoms with Gasteiger partial charge >= 0.3 is 151 Å². The monoisotopic (exact) mass is 397 g/mol. The standard InChI is InChI=1S/C20H15NO3Se/c1-24-19-10-13(5-7-18(19)22)12-4-6-15-16(11-14-3-2-8-25-14)20(23)21-17(15)9-12/h2-11,22H,1H3,(H,21,23)/b16-11-. The van der Waals surface area contributed by atoms with Gasteiger partial charge in [-0.3, -0.25) is 0 Å². The van der Waals surface area contributed by atoms with Crippen LogP contribution < -0.4 is 10.1 Å². The molecule has 3 aromatic rings. The summed E-state index contributed by atoms with van der Waals surface area (Å²) in [6, 6.07) is 15.2. The van der Waals surface area contributed by atoms with E-state index in [2.05, 4.69) is 16.3 Å². The summed E-state index contributed by atoms with van der Waals surface area (Å²) in [6.45, 7) is 0. The molecule has 0 unspecified atom stereocenters. The first-order valence-corrected chi connectivity index (χ1v) is 9.58. The Balaban J connectivity index is 1.75. The van der Waals surface area contributed by atoms with Crippen molar-refractivity contribution in [3.05, 3.63) is 63.5 Å². The fourth-order valence-corrected chi connectivity index (χ4v) is 4.27. The molecule has 0 spiro atoms. The number of methoxy groups -OCH3 is 1. The zero-order valence-corrected chi connectivity index (χ0v) is 15.2. The number of aromatic hydroxyl groups is 1. The SMILES string of the molecule is COc1cc(-c2ccc3c(c2)NC(=O)/C3=C\c2ccc[se]2)ccc1O. The summed E-state index contributed by atoms with van der Waals surface area (Å²) in [6.07, 6.45) is 1.98. The first-order valence-electron chi connectivity index (χ1n) is 7.74. The number of amides is 1. The summed E-state index contributed by atoms with van der Waals surface area (Å²) in [5.41, 5.74) is 4.30. The fourth-order valence-electron chi connectivity index (χ4n) is 2.89.